The highest BCUT2D eigenvalue weighted by Gasteiger charge is 2.23. The molecule has 0 spiro atoms. The molecule has 1 amide bonds. The van der Waals surface area contributed by atoms with Crippen LogP contribution in [0.1, 0.15) is 28.5 Å². The Bertz CT molecular complexity index is 772. The summed E-state index contributed by atoms with van der Waals surface area (Å²) in [5, 5.41) is 4.51. The summed E-state index contributed by atoms with van der Waals surface area (Å²) >= 11 is 0. The van der Waals surface area contributed by atoms with Crippen LogP contribution in [0.25, 0.3) is 0 Å². The first-order valence-electron chi connectivity index (χ1n) is 9.31. The Balaban J connectivity index is 1.61. The normalized spacial score (nSPS) is 15.0. The quantitative estimate of drug-likeness (QED) is 0.778. The number of hydrogen-bond donors (Lipinski definition) is 0. The van der Waals surface area contributed by atoms with E-state index in [0.29, 0.717) is 30.2 Å². The minimum Gasteiger partial charge on any atom is -0.497 e. The van der Waals surface area contributed by atoms with Gasteiger partial charge >= 0.3 is 0 Å². The summed E-state index contributed by atoms with van der Waals surface area (Å²) in [6.07, 6.45) is 2.12. The first kappa shape index (κ1) is 19.2. The molecule has 7 nitrogen and oxygen atoms in total. The Morgan fingerprint density at radius 3 is 2.22 bits per heavy atom. The number of aromatic nitrogens is 2. The highest BCUT2D eigenvalue weighted by molar-refractivity contribution is 5.95. The van der Waals surface area contributed by atoms with E-state index in [-0.39, 0.29) is 5.91 Å². The fourth-order valence-corrected chi connectivity index (χ4v) is 3.34. The van der Waals surface area contributed by atoms with Crippen molar-refractivity contribution in [3.63, 3.8) is 0 Å². The number of aryl methyl sites for hydroxylation is 2. The van der Waals surface area contributed by atoms with E-state index in [9.17, 15) is 4.79 Å². The lowest BCUT2D eigenvalue weighted by atomic mass is 10.1. The number of amides is 1. The second kappa shape index (κ2) is 8.43. The van der Waals surface area contributed by atoms with E-state index >= 15 is 0 Å². The Morgan fingerprint density at radius 2 is 1.70 bits per heavy atom. The lowest BCUT2D eigenvalue weighted by Crippen LogP contribution is -2.48. The van der Waals surface area contributed by atoms with Gasteiger partial charge in [0, 0.05) is 62.7 Å². The summed E-state index contributed by atoms with van der Waals surface area (Å²) in [5.41, 5.74) is 2.94. The number of methoxy groups -OCH3 is 2. The maximum Gasteiger partial charge on any atom is 0.254 e. The van der Waals surface area contributed by atoms with Crippen LogP contribution in [0.15, 0.2) is 24.4 Å². The van der Waals surface area contributed by atoms with E-state index in [1.54, 1.807) is 32.4 Å². The van der Waals surface area contributed by atoms with Gasteiger partial charge in [-0.05, 0) is 26.0 Å². The first-order chi connectivity index (χ1) is 13.0. The van der Waals surface area contributed by atoms with Crippen LogP contribution in [-0.4, -0.2) is 65.9 Å². The summed E-state index contributed by atoms with van der Waals surface area (Å²) in [7, 11) is 3.18. The molecule has 0 bridgehead atoms. The van der Waals surface area contributed by atoms with Gasteiger partial charge in [-0.1, -0.05) is 0 Å². The molecule has 0 atom stereocenters. The molecule has 0 aliphatic carbocycles. The van der Waals surface area contributed by atoms with Crippen LogP contribution in [0.4, 0.5) is 0 Å². The zero-order valence-corrected chi connectivity index (χ0v) is 16.6. The zero-order valence-electron chi connectivity index (χ0n) is 16.6. The molecule has 1 aliphatic rings. The van der Waals surface area contributed by atoms with Crippen LogP contribution >= 0.6 is 0 Å². The van der Waals surface area contributed by atoms with E-state index in [0.717, 1.165) is 31.9 Å². The van der Waals surface area contributed by atoms with Crippen molar-refractivity contribution in [1.82, 2.24) is 19.6 Å². The summed E-state index contributed by atoms with van der Waals surface area (Å²) in [6, 6.07) is 5.30. The van der Waals surface area contributed by atoms with Gasteiger partial charge in [0.1, 0.15) is 11.5 Å². The predicted octanol–water partition coefficient (Wildman–Crippen LogP) is 2.19. The van der Waals surface area contributed by atoms with Gasteiger partial charge in [-0.2, -0.15) is 5.10 Å². The average molecular weight is 372 g/mol. The zero-order chi connectivity index (χ0) is 19.4. The predicted molar refractivity (Wildman–Crippen MR) is 103 cm³/mol. The first-order valence-corrected chi connectivity index (χ1v) is 9.31. The van der Waals surface area contributed by atoms with Gasteiger partial charge in [0.25, 0.3) is 5.91 Å². The van der Waals surface area contributed by atoms with E-state index < -0.39 is 0 Å². The van der Waals surface area contributed by atoms with Gasteiger partial charge in [0.15, 0.2) is 0 Å². The molecule has 0 N–H and O–H groups in total. The van der Waals surface area contributed by atoms with Crippen molar-refractivity contribution in [1.29, 1.82) is 0 Å². The molecule has 0 radical (unpaired) electrons. The summed E-state index contributed by atoms with van der Waals surface area (Å²) in [5.74, 6) is 1.27. The SMILES string of the molecule is CCn1cc(CN2CCN(C(=O)c3cc(OC)cc(OC)c3)CC2)c(C)n1. The van der Waals surface area contributed by atoms with E-state index in [1.165, 1.54) is 5.56 Å². The number of benzene rings is 1. The van der Waals surface area contributed by atoms with Gasteiger partial charge in [0.2, 0.25) is 0 Å². The molecule has 1 aromatic carbocycles. The van der Waals surface area contributed by atoms with Crippen molar-refractivity contribution in [3.05, 3.63) is 41.2 Å². The second-order valence-corrected chi connectivity index (χ2v) is 6.77. The van der Waals surface area contributed by atoms with Gasteiger partial charge in [0.05, 0.1) is 19.9 Å². The molecule has 27 heavy (non-hydrogen) atoms. The molecule has 7 heteroatoms. The van der Waals surface area contributed by atoms with Gasteiger partial charge in [-0.3, -0.25) is 14.4 Å². The highest BCUT2D eigenvalue weighted by atomic mass is 16.5. The van der Waals surface area contributed by atoms with Crippen molar-refractivity contribution in [2.45, 2.75) is 26.9 Å². The standard InChI is InChI=1S/C20H28N4O3/c1-5-24-14-17(15(2)21-24)13-22-6-8-23(9-7-22)20(25)16-10-18(26-3)12-19(11-16)27-4/h10-12,14H,5-9,13H2,1-4H3. The van der Waals surface area contributed by atoms with Crippen LogP contribution < -0.4 is 9.47 Å². The number of rotatable bonds is 6. The fourth-order valence-electron chi connectivity index (χ4n) is 3.34. The Labute approximate surface area is 160 Å². The minimum atomic E-state index is 0.0156. The molecule has 1 aliphatic heterocycles. The number of hydrogen-bond acceptors (Lipinski definition) is 5. The summed E-state index contributed by atoms with van der Waals surface area (Å²) in [6.45, 7) is 9.02. The van der Waals surface area contributed by atoms with Gasteiger partial charge in [-0.15, -0.1) is 0 Å². The molecule has 0 saturated carbocycles. The molecule has 0 unspecified atom stereocenters. The molecule has 1 aromatic heterocycles. The number of ether oxygens (including phenoxy) is 2. The third-order valence-electron chi connectivity index (χ3n) is 5.02. The van der Waals surface area contributed by atoms with Gasteiger partial charge < -0.3 is 14.4 Å². The minimum absolute atomic E-state index is 0.0156. The molecule has 1 fully saturated rings. The molecule has 2 heterocycles. The van der Waals surface area contributed by atoms with Crippen molar-refractivity contribution in [2.75, 3.05) is 40.4 Å². The maximum atomic E-state index is 12.9. The van der Waals surface area contributed by atoms with Crippen molar-refractivity contribution in [2.24, 2.45) is 0 Å². The second-order valence-electron chi connectivity index (χ2n) is 6.77. The number of nitrogens with zero attached hydrogens (tertiary/aromatic N) is 4. The summed E-state index contributed by atoms with van der Waals surface area (Å²) < 4.78 is 12.5. The van der Waals surface area contributed by atoms with Crippen LogP contribution in [0, 0.1) is 6.92 Å². The third-order valence-corrected chi connectivity index (χ3v) is 5.02. The largest absolute Gasteiger partial charge is 0.497 e. The monoisotopic (exact) mass is 372 g/mol. The van der Waals surface area contributed by atoms with E-state index in [2.05, 4.69) is 30.0 Å². The molecule has 146 valence electrons. The van der Waals surface area contributed by atoms with Crippen LogP contribution in [0.3, 0.4) is 0 Å². The average Bonchev–Trinajstić information content (AvgIpc) is 3.07. The number of piperazine rings is 1. The maximum absolute atomic E-state index is 12.9. The van der Waals surface area contributed by atoms with Gasteiger partial charge in [-0.25, -0.2) is 0 Å². The molecular weight excluding hydrogens is 344 g/mol. The Morgan fingerprint density at radius 1 is 1.07 bits per heavy atom. The van der Waals surface area contributed by atoms with Crippen LogP contribution in [0.2, 0.25) is 0 Å². The van der Waals surface area contributed by atoms with Crippen molar-refractivity contribution >= 4 is 5.91 Å². The smallest absolute Gasteiger partial charge is 0.254 e. The summed E-state index contributed by atoms with van der Waals surface area (Å²) in [4.78, 5) is 17.2. The molecule has 3 rings (SSSR count). The lowest BCUT2D eigenvalue weighted by Gasteiger charge is -2.34. The van der Waals surface area contributed by atoms with Crippen molar-refractivity contribution in [3.8, 4) is 11.5 Å². The third kappa shape index (κ3) is 4.42. The van der Waals surface area contributed by atoms with E-state index in [4.69, 9.17) is 9.47 Å². The fraction of sp³-hybridized carbons (Fsp3) is 0.500. The molecule has 1 saturated heterocycles. The highest BCUT2D eigenvalue weighted by Crippen LogP contribution is 2.24. The van der Waals surface area contributed by atoms with E-state index in [1.807, 2.05) is 9.58 Å². The number of carbonyl (C=O) groups is 1. The van der Waals surface area contributed by atoms with Crippen molar-refractivity contribution < 1.29 is 14.3 Å². The van der Waals surface area contributed by atoms with Crippen LogP contribution in [-0.2, 0) is 13.1 Å². The molecular formula is C20H28N4O3. The lowest BCUT2D eigenvalue weighted by molar-refractivity contribution is 0.0627. The Kier molecular flexibility index (Phi) is 6.01. The Hall–Kier alpha value is -2.54. The van der Waals surface area contributed by atoms with Crippen LogP contribution in [0.5, 0.6) is 11.5 Å². The topological polar surface area (TPSA) is 59.8 Å². The number of carbonyl (C=O) groups excluding carboxylic acids is 1. The molecule has 2 aromatic rings.